The average Bonchev–Trinajstić information content (AvgIpc) is 3.45. The Morgan fingerprint density at radius 3 is 2.42 bits per heavy atom. The van der Waals surface area contributed by atoms with Crippen LogP contribution in [0.5, 0.6) is 11.5 Å². The fraction of sp³-hybridized carbons (Fsp3) is 0.316. The average molecular weight is 326 g/mol. The van der Waals surface area contributed by atoms with Crippen molar-refractivity contribution in [2.75, 3.05) is 19.5 Å². The van der Waals surface area contributed by atoms with Gasteiger partial charge in [-0.15, -0.1) is 0 Å². The molecular formula is C19H22N2O3. The summed E-state index contributed by atoms with van der Waals surface area (Å²) in [6.45, 7) is 0.538. The molecule has 5 nitrogen and oxygen atoms in total. The van der Waals surface area contributed by atoms with E-state index in [9.17, 15) is 4.79 Å². The number of hydrogen-bond donors (Lipinski definition) is 1. The van der Waals surface area contributed by atoms with Gasteiger partial charge >= 0.3 is 6.03 Å². The topological polar surface area (TPSA) is 50.8 Å². The number of para-hydroxylation sites is 1. The van der Waals surface area contributed by atoms with Crippen molar-refractivity contribution in [2.24, 2.45) is 0 Å². The standard InChI is InChI=1S/C19H22N2O3/c1-23-17-11-7-15(8-12-17)20-19(22)21(16-9-10-16)13-14-5-3-4-6-18(14)24-2/h3-8,11-12,16H,9-10,13H2,1-2H3,(H,20,22). The lowest BCUT2D eigenvalue weighted by Gasteiger charge is -2.24. The molecule has 3 rings (SSSR count). The van der Waals surface area contributed by atoms with Crippen molar-refractivity contribution in [3.8, 4) is 11.5 Å². The second-order valence-electron chi connectivity index (χ2n) is 5.83. The van der Waals surface area contributed by atoms with Crippen LogP contribution in [0, 0.1) is 0 Å². The number of rotatable bonds is 6. The highest BCUT2D eigenvalue weighted by Gasteiger charge is 2.33. The zero-order valence-corrected chi connectivity index (χ0v) is 14.0. The highest BCUT2D eigenvalue weighted by molar-refractivity contribution is 5.89. The first-order valence-electron chi connectivity index (χ1n) is 8.05. The molecule has 24 heavy (non-hydrogen) atoms. The molecule has 0 aromatic heterocycles. The van der Waals surface area contributed by atoms with Crippen LogP contribution in [0.25, 0.3) is 0 Å². The largest absolute Gasteiger partial charge is 0.497 e. The summed E-state index contributed by atoms with van der Waals surface area (Å²) in [6, 6.07) is 15.4. The summed E-state index contributed by atoms with van der Waals surface area (Å²) in [5, 5.41) is 2.96. The number of carbonyl (C=O) groups excluding carboxylic acids is 1. The molecule has 0 spiro atoms. The van der Waals surface area contributed by atoms with Crippen LogP contribution in [-0.4, -0.2) is 31.2 Å². The lowest BCUT2D eigenvalue weighted by Crippen LogP contribution is -2.36. The SMILES string of the molecule is COc1ccc(NC(=O)N(Cc2ccccc2OC)C2CC2)cc1. The summed E-state index contributed by atoms with van der Waals surface area (Å²) >= 11 is 0. The maximum atomic E-state index is 12.7. The molecule has 0 saturated heterocycles. The zero-order chi connectivity index (χ0) is 16.9. The number of methoxy groups -OCH3 is 2. The van der Waals surface area contributed by atoms with Gasteiger partial charge in [-0.25, -0.2) is 4.79 Å². The minimum atomic E-state index is -0.0893. The molecule has 0 radical (unpaired) electrons. The number of amides is 2. The number of anilines is 1. The first-order valence-corrected chi connectivity index (χ1v) is 8.05. The second-order valence-corrected chi connectivity index (χ2v) is 5.83. The predicted molar refractivity (Wildman–Crippen MR) is 93.6 cm³/mol. The third-order valence-corrected chi connectivity index (χ3v) is 4.12. The highest BCUT2D eigenvalue weighted by atomic mass is 16.5. The Kier molecular flexibility index (Phi) is 4.89. The van der Waals surface area contributed by atoms with Gasteiger partial charge in [0.1, 0.15) is 11.5 Å². The smallest absolute Gasteiger partial charge is 0.322 e. The van der Waals surface area contributed by atoms with Crippen LogP contribution >= 0.6 is 0 Å². The van der Waals surface area contributed by atoms with Crippen LogP contribution in [0.2, 0.25) is 0 Å². The summed E-state index contributed by atoms with van der Waals surface area (Å²) in [7, 11) is 3.27. The van der Waals surface area contributed by atoms with Crippen molar-refractivity contribution in [3.05, 3.63) is 54.1 Å². The van der Waals surface area contributed by atoms with Crippen LogP contribution in [0.3, 0.4) is 0 Å². The number of hydrogen-bond acceptors (Lipinski definition) is 3. The summed E-state index contributed by atoms with van der Waals surface area (Å²) in [5.41, 5.74) is 1.77. The summed E-state index contributed by atoms with van der Waals surface area (Å²) in [5.74, 6) is 1.57. The molecule has 1 aliphatic carbocycles. The molecule has 0 bridgehead atoms. The van der Waals surface area contributed by atoms with Gasteiger partial charge in [0.15, 0.2) is 0 Å². The predicted octanol–water partition coefficient (Wildman–Crippen LogP) is 3.90. The van der Waals surface area contributed by atoms with Crippen molar-refractivity contribution < 1.29 is 14.3 Å². The van der Waals surface area contributed by atoms with E-state index in [1.165, 1.54) is 0 Å². The van der Waals surface area contributed by atoms with Gasteiger partial charge in [0.05, 0.1) is 20.8 Å². The van der Waals surface area contributed by atoms with E-state index in [-0.39, 0.29) is 6.03 Å². The molecule has 0 aliphatic heterocycles. The van der Waals surface area contributed by atoms with E-state index >= 15 is 0 Å². The van der Waals surface area contributed by atoms with Gasteiger partial charge < -0.3 is 19.7 Å². The normalized spacial score (nSPS) is 13.2. The fourth-order valence-corrected chi connectivity index (χ4v) is 2.64. The number of nitrogens with one attached hydrogen (secondary N) is 1. The Balaban J connectivity index is 1.71. The van der Waals surface area contributed by atoms with Crippen molar-refractivity contribution in [1.82, 2.24) is 4.90 Å². The van der Waals surface area contributed by atoms with Crippen molar-refractivity contribution in [2.45, 2.75) is 25.4 Å². The van der Waals surface area contributed by atoms with Crippen LogP contribution in [0.15, 0.2) is 48.5 Å². The van der Waals surface area contributed by atoms with Crippen molar-refractivity contribution in [3.63, 3.8) is 0 Å². The summed E-state index contributed by atoms with van der Waals surface area (Å²) < 4.78 is 10.5. The third kappa shape index (κ3) is 3.79. The first kappa shape index (κ1) is 16.2. The molecule has 1 saturated carbocycles. The second kappa shape index (κ2) is 7.25. The number of benzene rings is 2. The molecule has 5 heteroatoms. The quantitative estimate of drug-likeness (QED) is 0.876. The number of ether oxygens (including phenoxy) is 2. The molecule has 1 aliphatic rings. The van der Waals surface area contributed by atoms with Crippen LogP contribution < -0.4 is 14.8 Å². The monoisotopic (exact) mass is 326 g/mol. The maximum absolute atomic E-state index is 12.7. The Morgan fingerprint density at radius 1 is 1.08 bits per heavy atom. The van der Waals surface area contributed by atoms with Gasteiger partial charge in [-0.3, -0.25) is 0 Å². The van der Waals surface area contributed by atoms with E-state index in [0.717, 1.165) is 35.6 Å². The van der Waals surface area contributed by atoms with Crippen LogP contribution in [0.1, 0.15) is 18.4 Å². The number of nitrogens with zero attached hydrogens (tertiary/aromatic N) is 1. The molecule has 2 aromatic carbocycles. The molecule has 1 N–H and O–H groups in total. The lowest BCUT2D eigenvalue weighted by atomic mass is 10.2. The molecule has 2 aromatic rings. The lowest BCUT2D eigenvalue weighted by molar-refractivity contribution is 0.205. The van der Waals surface area contributed by atoms with Crippen molar-refractivity contribution >= 4 is 11.7 Å². The minimum absolute atomic E-state index is 0.0893. The van der Waals surface area contributed by atoms with Gasteiger partial charge in [0, 0.05) is 17.3 Å². The van der Waals surface area contributed by atoms with Gasteiger partial charge in [-0.1, -0.05) is 18.2 Å². The maximum Gasteiger partial charge on any atom is 0.322 e. The number of urea groups is 1. The molecule has 0 atom stereocenters. The van der Waals surface area contributed by atoms with Crippen molar-refractivity contribution in [1.29, 1.82) is 0 Å². The van der Waals surface area contributed by atoms with Gasteiger partial charge in [0.2, 0.25) is 0 Å². The Hall–Kier alpha value is -2.69. The van der Waals surface area contributed by atoms with Crippen LogP contribution in [-0.2, 0) is 6.54 Å². The highest BCUT2D eigenvalue weighted by Crippen LogP contribution is 2.31. The Morgan fingerprint density at radius 2 is 1.79 bits per heavy atom. The Bertz CT molecular complexity index is 696. The molecule has 2 amide bonds. The first-order chi connectivity index (χ1) is 11.7. The summed E-state index contributed by atoms with van der Waals surface area (Å²) in [4.78, 5) is 14.6. The third-order valence-electron chi connectivity index (χ3n) is 4.12. The number of carbonyl (C=O) groups is 1. The molecular weight excluding hydrogens is 304 g/mol. The van der Waals surface area contributed by atoms with E-state index < -0.39 is 0 Å². The summed E-state index contributed by atoms with van der Waals surface area (Å²) in [6.07, 6.45) is 2.09. The zero-order valence-electron chi connectivity index (χ0n) is 14.0. The van der Waals surface area contributed by atoms with E-state index in [0.29, 0.717) is 12.6 Å². The van der Waals surface area contributed by atoms with Crippen LogP contribution in [0.4, 0.5) is 10.5 Å². The molecule has 0 heterocycles. The fourth-order valence-electron chi connectivity index (χ4n) is 2.64. The molecule has 0 unspecified atom stereocenters. The molecule has 1 fully saturated rings. The van der Waals surface area contributed by atoms with E-state index in [2.05, 4.69) is 5.32 Å². The van der Waals surface area contributed by atoms with E-state index in [1.807, 2.05) is 53.4 Å². The van der Waals surface area contributed by atoms with Gasteiger partial charge in [-0.05, 0) is 43.2 Å². The molecule has 126 valence electrons. The minimum Gasteiger partial charge on any atom is -0.497 e. The van der Waals surface area contributed by atoms with E-state index in [4.69, 9.17) is 9.47 Å². The van der Waals surface area contributed by atoms with E-state index in [1.54, 1.807) is 14.2 Å². The van der Waals surface area contributed by atoms with Gasteiger partial charge in [0.25, 0.3) is 0 Å². The van der Waals surface area contributed by atoms with Gasteiger partial charge in [-0.2, -0.15) is 0 Å². The Labute approximate surface area is 142 Å².